The summed E-state index contributed by atoms with van der Waals surface area (Å²) in [6.07, 6.45) is 2.74. The number of benzene rings is 2. The molecule has 0 amide bonds. The Kier molecular flexibility index (Phi) is 5.92. The minimum atomic E-state index is -3.47. The average Bonchev–Trinajstić information content (AvgIpc) is 2.68. The molecule has 142 valence electrons. The highest BCUT2D eigenvalue weighted by Gasteiger charge is 2.30. The van der Waals surface area contributed by atoms with Crippen molar-refractivity contribution in [3.05, 3.63) is 76.2 Å². The molecule has 2 aromatic rings. The number of piperidine rings is 1. The Morgan fingerprint density at radius 1 is 0.926 bits per heavy atom. The standard InChI is InChI=1S/C22H25NO3S/c1-17-3-7-19(8-4-17)13-16-27(25,26)23-14-11-21(12-15-23)22(24)20-9-5-18(2)6-10-20/h3-10,13,16,21H,11-12,14-15H2,1-2H3/b16-13+. The second-order valence-corrected chi connectivity index (χ2v) is 8.98. The summed E-state index contributed by atoms with van der Waals surface area (Å²) in [6.45, 7) is 4.74. The minimum absolute atomic E-state index is 0.111. The van der Waals surface area contributed by atoms with Crippen molar-refractivity contribution in [1.29, 1.82) is 0 Å². The van der Waals surface area contributed by atoms with Crippen LogP contribution in [-0.2, 0) is 10.0 Å². The van der Waals surface area contributed by atoms with Gasteiger partial charge in [0.1, 0.15) is 0 Å². The van der Waals surface area contributed by atoms with E-state index >= 15 is 0 Å². The quantitative estimate of drug-likeness (QED) is 0.727. The number of hydrogen-bond acceptors (Lipinski definition) is 3. The van der Waals surface area contributed by atoms with Gasteiger partial charge in [-0.2, -0.15) is 4.31 Å². The van der Waals surface area contributed by atoms with Crippen LogP contribution in [0.1, 0.15) is 39.9 Å². The highest BCUT2D eigenvalue weighted by molar-refractivity contribution is 7.92. The van der Waals surface area contributed by atoms with Crippen LogP contribution in [0.4, 0.5) is 0 Å². The van der Waals surface area contributed by atoms with Gasteiger partial charge in [-0.05, 0) is 38.3 Å². The van der Waals surface area contributed by atoms with Crippen molar-refractivity contribution in [2.45, 2.75) is 26.7 Å². The van der Waals surface area contributed by atoms with E-state index in [0.29, 0.717) is 31.5 Å². The van der Waals surface area contributed by atoms with Crippen LogP contribution in [0.2, 0.25) is 0 Å². The van der Waals surface area contributed by atoms with Crippen molar-refractivity contribution < 1.29 is 13.2 Å². The first-order valence-corrected chi connectivity index (χ1v) is 10.7. The number of carbonyl (C=O) groups excluding carboxylic acids is 1. The van der Waals surface area contributed by atoms with Gasteiger partial charge >= 0.3 is 0 Å². The van der Waals surface area contributed by atoms with E-state index in [1.165, 1.54) is 9.71 Å². The summed E-state index contributed by atoms with van der Waals surface area (Å²) < 4.78 is 26.6. The molecule has 0 N–H and O–H groups in total. The molecule has 4 nitrogen and oxygen atoms in total. The van der Waals surface area contributed by atoms with Gasteiger partial charge < -0.3 is 0 Å². The lowest BCUT2D eigenvalue weighted by Crippen LogP contribution is -2.39. The fourth-order valence-electron chi connectivity index (χ4n) is 3.25. The van der Waals surface area contributed by atoms with Gasteiger partial charge in [-0.1, -0.05) is 59.7 Å². The average molecular weight is 384 g/mol. The molecule has 1 fully saturated rings. The molecular formula is C22H25NO3S. The summed E-state index contributed by atoms with van der Waals surface area (Å²) >= 11 is 0. The number of sulfonamides is 1. The molecule has 0 radical (unpaired) electrons. The molecular weight excluding hydrogens is 358 g/mol. The zero-order valence-electron chi connectivity index (χ0n) is 15.8. The number of hydrogen-bond donors (Lipinski definition) is 0. The normalized spacial score (nSPS) is 16.7. The van der Waals surface area contributed by atoms with Crippen molar-refractivity contribution >= 4 is 21.9 Å². The summed E-state index contributed by atoms with van der Waals surface area (Å²) in [5.41, 5.74) is 3.82. The maximum atomic E-state index is 12.6. The first-order chi connectivity index (χ1) is 12.8. The second-order valence-electron chi connectivity index (χ2n) is 7.16. The topological polar surface area (TPSA) is 54.5 Å². The van der Waals surface area contributed by atoms with Crippen LogP contribution in [-0.4, -0.2) is 31.6 Å². The van der Waals surface area contributed by atoms with Crippen LogP contribution >= 0.6 is 0 Å². The predicted octanol–water partition coefficient (Wildman–Crippen LogP) is 4.20. The summed E-state index contributed by atoms with van der Waals surface area (Å²) in [5, 5.41) is 1.26. The van der Waals surface area contributed by atoms with Gasteiger partial charge in [0.25, 0.3) is 0 Å². The maximum absolute atomic E-state index is 12.6. The SMILES string of the molecule is Cc1ccc(/C=C/S(=O)(=O)N2CCC(C(=O)c3ccc(C)cc3)CC2)cc1. The van der Waals surface area contributed by atoms with Crippen LogP contribution in [0.5, 0.6) is 0 Å². The van der Waals surface area contributed by atoms with Gasteiger partial charge in [0.05, 0.1) is 0 Å². The van der Waals surface area contributed by atoms with E-state index in [1.807, 2.05) is 62.4 Å². The molecule has 27 heavy (non-hydrogen) atoms. The fourth-order valence-corrected chi connectivity index (χ4v) is 4.48. The van der Waals surface area contributed by atoms with Gasteiger partial charge in [0.2, 0.25) is 10.0 Å². The lowest BCUT2D eigenvalue weighted by atomic mass is 9.89. The third-order valence-electron chi connectivity index (χ3n) is 5.03. The predicted molar refractivity (Wildman–Crippen MR) is 109 cm³/mol. The minimum Gasteiger partial charge on any atom is -0.294 e. The summed E-state index contributed by atoms with van der Waals surface area (Å²) in [4.78, 5) is 12.6. The lowest BCUT2D eigenvalue weighted by molar-refractivity contribution is 0.0875. The van der Waals surface area contributed by atoms with Crippen molar-refractivity contribution in [3.8, 4) is 0 Å². The van der Waals surface area contributed by atoms with Crippen molar-refractivity contribution in [2.75, 3.05) is 13.1 Å². The molecule has 1 aliphatic rings. The van der Waals surface area contributed by atoms with E-state index in [4.69, 9.17) is 0 Å². The molecule has 0 unspecified atom stereocenters. The van der Waals surface area contributed by atoms with Crippen molar-refractivity contribution in [2.24, 2.45) is 5.92 Å². The molecule has 0 bridgehead atoms. The molecule has 1 saturated heterocycles. The first-order valence-electron chi connectivity index (χ1n) is 9.21. The van der Waals surface area contributed by atoms with Crippen LogP contribution < -0.4 is 0 Å². The molecule has 0 aliphatic carbocycles. The monoisotopic (exact) mass is 383 g/mol. The lowest BCUT2D eigenvalue weighted by Gasteiger charge is -2.29. The van der Waals surface area contributed by atoms with Gasteiger partial charge in [0.15, 0.2) is 5.78 Å². The summed E-state index contributed by atoms with van der Waals surface area (Å²) in [5.74, 6) is 0.00230. The molecule has 0 saturated carbocycles. The number of nitrogens with zero attached hydrogens (tertiary/aromatic N) is 1. The molecule has 0 spiro atoms. The van der Waals surface area contributed by atoms with E-state index in [2.05, 4.69) is 0 Å². The van der Waals surface area contributed by atoms with Crippen molar-refractivity contribution in [1.82, 2.24) is 4.31 Å². The largest absolute Gasteiger partial charge is 0.294 e. The molecule has 0 atom stereocenters. The molecule has 1 heterocycles. The number of ketones is 1. The molecule has 0 aromatic heterocycles. The zero-order valence-corrected chi connectivity index (χ0v) is 16.6. The van der Waals surface area contributed by atoms with E-state index in [1.54, 1.807) is 6.08 Å². The third kappa shape index (κ3) is 4.93. The van der Waals surface area contributed by atoms with Gasteiger partial charge in [0, 0.05) is 30.0 Å². The Hall–Kier alpha value is -2.24. The van der Waals surface area contributed by atoms with Crippen LogP contribution in [0, 0.1) is 19.8 Å². The molecule has 2 aromatic carbocycles. The number of Topliss-reactive ketones (excluding diaryl/α,β-unsaturated/α-hetero) is 1. The Balaban J connectivity index is 1.61. The molecule has 5 heteroatoms. The van der Waals surface area contributed by atoms with E-state index < -0.39 is 10.0 Å². The molecule has 3 rings (SSSR count). The van der Waals surface area contributed by atoms with Crippen LogP contribution in [0.15, 0.2) is 53.9 Å². The van der Waals surface area contributed by atoms with E-state index in [-0.39, 0.29) is 11.7 Å². The number of aryl methyl sites for hydroxylation is 2. The van der Waals surface area contributed by atoms with E-state index in [0.717, 1.165) is 16.7 Å². The van der Waals surface area contributed by atoms with Crippen LogP contribution in [0.25, 0.3) is 6.08 Å². The first kappa shape index (κ1) is 19.5. The van der Waals surface area contributed by atoms with Crippen LogP contribution in [0.3, 0.4) is 0 Å². The Bertz CT molecular complexity index is 921. The van der Waals surface area contributed by atoms with E-state index in [9.17, 15) is 13.2 Å². The summed E-state index contributed by atoms with van der Waals surface area (Å²) in [7, 11) is -3.47. The number of carbonyl (C=O) groups is 1. The van der Waals surface area contributed by atoms with Crippen molar-refractivity contribution in [3.63, 3.8) is 0 Å². The highest BCUT2D eigenvalue weighted by atomic mass is 32.2. The van der Waals surface area contributed by atoms with Gasteiger partial charge in [-0.25, -0.2) is 8.42 Å². The second kappa shape index (κ2) is 8.19. The smallest absolute Gasteiger partial charge is 0.236 e. The Morgan fingerprint density at radius 3 is 2.00 bits per heavy atom. The summed E-state index contributed by atoms with van der Waals surface area (Å²) in [6, 6.07) is 15.3. The maximum Gasteiger partial charge on any atom is 0.236 e. The Morgan fingerprint density at radius 2 is 1.44 bits per heavy atom. The Labute approximate surface area is 161 Å². The fraction of sp³-hybridized carbons (Fsp3) is 0.318. The van der Waals surface area contributed by atoms with Gasteiger partial charge in [-0.15, -0.1) is 0 Å². The number of rotatable bonds is 5. The third-order valence-corrected chi connectivity index (χ3v) is 6.60. The zero-order chi connectivity index (χ0) is 19.4. The highest BCUT2D eigenvalue weighted by Crippen LogP contribution is 2.24. The van der Waals surface area contributed by atoms with Gasteiger partial charge in [-0.3, -0.25) is 4.79 Å². The molecule has 1 aliphatic heterocycles.